The van der Waals surface area contributed by atoms with E-state index in [0.717, 1.165) is 12.0 Å². The van der Waals surface area contributed by atoms with Crippen molar-refractivity contribution in [2.75, 3.05) is 0 Å². The number of hydrogen-bond acceptors (Lipinski definition) is 1. The second kappa shape index (κ2) is 9.18. The van der Waals surface area contributed by atoms with Crippen LogP contribution in [0.5, 0.6) is 0 Å². The van der Waals surface area contributed by atoms with E-state index in [1.807, 2.05) is 43.3 Å². The van der Waals surface area contributed by atoms with Crippen molar-refractivity contribution in [3.05, 3.63) is 107 Å². The van der Waals surface area contributed by atoms with Crippen molar-refractivity contribution in [3.63, 3.8) is 0 Å². The molecule has 0 heterocycles. The lowest BCUT2D eigenvalue weighted by Gasteiger charge is -2.20. The smallest absolute Gasteiger partial charge is 0.221 e. The summed E-state index contributed by atoms with van der Waals surface area (Å²) in [6.07, 6.45) is 1.46. The second-order valence-electron chi connectivity index (χ2n) is 6.96. The number of benzene rings is 3. The summed E-state index contributed by atoms with van der Waals surface area (Å²) >= 11 is 0. The zero-order valence-electron chi connectivity index (χ0n) is 16.1. The summed E-state index contributed by atoms with van der Waals surface area (Å²) in [5.74, 6) is 0.127. The van der Waals surface area contributed by atoms with Crippen LogP contribution in [-0.2, 0) is 11.2 Å². The van der Waals surface area contributed by atoms with E-state index in [1.54, 1.807) is 0 Å². The molecule has 2 nitrogen and oxygen atoms in total. The molecular weight excluding hydrogens is 330 g/mol. The van der Waals surface area contributed by atoms with E-state index in [2.05, 4.69) is 60.8 Å². The Morgan fingerprint density at radius 1 is 0.778 bits per heavy atom. The molecule has 0 saturated heterocycles. The summed E-state index contributed by atoms with van der Waals surface area (Å²) in [6.45, 7) is 4.19. The molecule has 3 aromatic rings. The van der Waals surface area contributed by atoms with Crippen LogP contribution in [0.1, 0.15) is 54.5 Å². The molecule has 0 unspecified atom stereocenters. The normalized spacial score (nSPS) is 12.0. The van der Waals surface area contributed by atoms with Crippen LogP contribution in [0, 0.1) is 0 Å². The molecule has 0 aromatic heterocycles. The maximum atomic E-state index is 12.8. The number of amides is 1. The van der Waals surface area contributed by atoms with Crippen LogP contribution in [0.3, 0.4) is 0 Å². The van der Waals surface area contributed by atoms with E-state index in [0.29, 0.717) is 6.42 Å². The van der Waals surface area contributed by atoms with Gasteiger partial charge >= 0.3 is 0 Å². The molecule has 0 spiro atoms. The minimum absolute atomic E-state index is 0.00407. The quantitative estimate of drug-likeness (QED) is 0.582. The van der Waals surface area contributed by atoms with Crippen molar-refractivity contribution >= 4 is 5.91 Å². The van der Waals surface area contributed by atoms with Gasteiger partial charge in [0.05, 0.1) is 6.04 Å². The van der Waals surface area contributed by atoms with E-state index < -0.39 is 0 Å². The third-order valence-electron chi connectivity index (χ3n) is 5.06. The van der Waals surface area contributed by atoms with E-state index in [4.69, 9.17) is 0 Å². The monoisotopic (exact) mass is 357 g/mol. The summed E-state index contributed by atoms with van der Waals surface area (Å²) in [5.41, 5.74) is 4.78. The molecule has 2 heteroatoms. The summed E-state index contributed by atoms with van der Waals surface area (Å²) in [4.78, 5) is 12.8. The minimum atomic E-state index is -0.00407. The molecule has 0 fully saturated rings. The number of carbonyl (C=O) groups is 1. The van der Waals surface area contributed by atoms with Crippen LogP contribution in [0.15, 0.2) is 84.9 Å². The third-order valence-corrected chi connectivity index (χ3v) is 5.06. The first kappa shape index (κ1) is 18.9. The zero-order chi connectivity index (χ0) is 19.1. The SMILES string of the molecule is CCc1ccc([C@H](C)NC(=O)CC(c2ccccc2)c2ccccc2)cc1. The van der Waals surface area contributed by atoms with Crippen LogP contribution in [0.2, 0.25) is 0 Å². The fourth-order valence-electron chi connectivity index (χ4n) is 3.41. The lowest BCUT2D eigenvalue weighted by molar-refractivity contribution is -0.121. The van der Waals surface area contributed by atoms with Gasteiger partial charge in [-0.2, -0.15) is 0 Å². The van der Waals surface area contributed by atoms with E-state index >= 15 is 0 Å². The lowest BCUT2D eigenvalue weighted by atomic mass is 9.88. The fraction of sp³-hybridized carbons (Fsp3) is 0.240. The summed E-state index contributed by atoms with van der Waals surface area (Å²) in [6, 6.07) is 29.0. The summed E-state index contributed by atoms with van der Waals surface area (Å²) < 4.78 is 0. The highest BCUT2D eigenvalue weighted by Gasteiger charge is 2.19. The third kappa shape index (κ3) is 5.07. The van der Waals surface area contributed by atoms with Gasteiger partial charge in [0.15, 0.2) is 0 Å². The Morgan fingerprint density at radius 3 is 1.78 bits per heavy atom. The Kier molecular flexibility index (Phi) is 6.43. The van der Waals surface area contributed by atoms with Gasteiger partial charge in [0.25, 0.3) is 0 Å². The van der Waals surface area contributed by atoms with Gasteiger partial charge in [-0.25, -0.2) is 0 Å². The first-order valence-corrected chi connectivity index (χ1v) is 9.65. The van der Waals surface area contributed by atoms with Gasteiger partial charge in [-0.3, -0.25) is 4.79 Å². The highest BCUT2D eigenvalue weighted by Crippen LogP contribution is 2.28. The number of hydrogen-bond donors (Lipinski definition) is 1. The highest BCUT2D eigenvalue weighted by atomic mass is 16.1. The Balaban J connectivity index is 1.72. The van der Waals surface area contributed by atoms with Gasteiger partial charge in [-0.1, -0.05) is 91.9 Å². The van der Waals surface area contributed by atoms with Gasteiger partial charge in [0.2, 0.25) is 5.91 Å². The first-order valence-electron chi connectivity index (χ1n) is 9.65. The van der Waals surface area contributed by atoms with Gasteiger partial charge < -0.3 is 5.32 Å². The molecule has 0 bridgehead atoms. The van der Waals surface area contributed by atoms with Crippen molar-refractivity contribution in [1.82, 2.24) is 5.32 Å². The summed E-state index contributed by atoms with van der Waals surface area (Å²) in [5, 5.41) is 3.16. The average molecular weight is 357 g/mol. The van der Waals surface area contributed by atoms with E-state index in [-0.39, 0.29) is 17.9 Å². The molecule has 1 atom stereocenters. The molecule has 0 saturated carbocycles. The molecule has 27 heavy (non-hydrogen) atoms. The van der Waals surface area contributed by atoms with Crippen LogP contribution in [0.4, 0.5) is 0 Å². The number of aryl methyl sites for hydroxylation is 1. The molecule has 1 amide bonds. The molecule has 3 aromatic carbocycles. The Morgan fingerprint density at radius 2 is 1.30 bits per heavy atom. The number of nitrogens with one attached hydrogen (secondary N) is 1. The van der Waals surface area contributed by atoms with E-state index in [9.17, 15) is 4.79 Å². The summed E-state index contributed by atoms with van der Waals surface area (Å²) in [7, 11) is 0. The van der Waals surface area contributed by atoms with Crippen molar-refractivity contribution in [2.24, 2.45) is 0 Å². The van der Waals surface area contributed by atoms with Crippen LogP contribution < -0.4 is 5.32 Å². The topological polar surface area (TPSA) is 29.1 Å². The van der Waals surface area contributed by atoms with Crippen molar-refractivity contribution in [3.8, 4) is 0 Å². The van der Waals surface area contributed by atoms with Crippen LogP contribution in [0.25, 0.3) is 0 Å². The largest absolute Gasteiger partial charge is 0.350 e. The van der Waals surface area contributed by atoms with E-state index in [1.165, 1.54) is 16.7 Å². The molecule has 138 valence electrons. The Hall–Kier alpha value is -2.87. The fourth-order valence-corrected chi connectivity index (χ4v) is 3.41. The first-order chi connectivity index (χ1) is 13.2. The second-order valence-corrected chi connectivity index (χ2v) is 6.96. The average Bonchev–Trinajstić information content (AvgIpc) is 2.73. The molecule has 0 radical (unpaired) electrons. The predicted molar refractivity (Wildman–Crippen MR) is 112 cm³/mol. The number of rotatable bonds is 7. The van der Waals surface area contributed by atoms with Crippen molar-refractivity contribution in [1.29, 1.82) is 0 Å². The molecule has 3 rings (SSSR count). The number of carbonyl (C=O) groups excluding carboxylic acids is 1. The van der Waals surface area contributed by atoms with Crippen molar-refractivity contribution < 1.29 is 4.79 Å². The predicted octanol–water partition coefficient (Wildman–Crippen LogP) is 5.65. The van der Waals surface area contributed by atoms with Crippen LogP contribution >= 0.6 is 0 Å². The maximum Gasteiger partial charge on any atom is 0.221 e. The molecule has 0 aliphatic carbocycles. The van der Waals surface area contributed by atoms with Gasteiger partial charge in [-0.05, 0) is 35.6 Å². The Labute approximate surface area is 162 Å². The van der Waals surface area contributed by atoms with Crippen LogP contribution in [-0.4, -0.2) is 5.91 Å². The van der Waals surface area contributed by atoms with Gasteiger partial charge in [0.1, 0.15) is 0 Å². The van der Waals surface area contributed by atoms with Gasteiger partial charge in [0, 0.05) is 12.3 Å². The van der Waals surface area contributed by atoms with Gasteiger partial charge in [-0.15, -0.1) is 0 Å². The lowest BCUT2D eigenvalue weighted by Crippen LogP contribution is -2.28. The highest BCUT2D eigenvalue weighted by molar-refractivity contribution is 5.78. The molecule has 1 N–H and O–H groups in total. The molecule has 0 aliphatic rings. The standard InChI is InChI=1S/C25H27NO/c1-3-20-14-16-21(17-15-20)19(2)26-25(27)18-24(22-10-6-4-7-11-22)23-12-8-5-9-13-23/h4-17,19,24H,3,18H2,1-2H3,(H,26,27)/t19-/m0/s1. The zero-order valence-corrected chi connectivity index (χ0v) is 16.1. The van der Waals surface area contributed by atoms with Crippen molar-refractivity contribution in [2.45, 2.75) is 38.6 Å². The maximum absolute atomic E-state index is 12.8. The minimum Gasteiger partial charge on any atom is -0.350 e. The molecular formula is C25H27NO. The molecule has 0 aliphatic heterocycles. The Bertz CT molecular complexity index is 801.